The van der Waals surface area contributed by atoms with Gasteiger partial charge in [-0.15, -0.1) is 5.10 Å². The molecule has 1 amide bonds. The number of pyridine rings is 1. The van der Waals surface area contributed by atoms with Gasteiger partial charge in [-0.1, -0.05) is 5.21 Å². The maximum absolute atomic E-state index is 12.5. The molecule has 0 spiro atoms. The highest BCUT2D eigenvalue weighted by atomic mass is 16.1. The van der Waals surface area contributed by atoms with Gasteiger partial charge < -0.3 is 10.2 Å². The Balaban J connectivity index is 1.49. The van der Waals surface area contributed by atoms with Crippen LogP contribution >= 0.6 is 0 Å². The topological polar surface area (TPSA) is 75.9 Å². The van der Waals surface area contributed by atoms with E-state index < -0.39 is 0 Å². The van der Waals surface area contributed by atoms with Crippen LogP contribution in [0.15, 0.2) is 36.5 Å². The smallest absolute Gasteiger partial charge is 0.255 e. The molecule has 0 saturated carbocycles. The molecule has 0 bridgehead atoms. The summed E-state index contributed by atoms with van der Waals surface area (Å²) >= 11 is 0. The number of nitrogens with zero attached hydrogens (tertiary/aromatic N) is 5. The van der Waals surface area contributed by atoms with Crippen LogP contribution in [0.1, 0.15) is 30.1 Å². The molecule has 25 heavy (non-hydrogen) atoms. The lowest BCUT2D eigenvalue weighted by molar-refractivity contribution is 0.102. The van der Waals surface area contributed by atoms with Crippen molar-refractivity contribution in [3.8, 4) is 0 Å². The van der Waals surface area contributed by atoms with Gasteiger partial charge in [-0.25, -0.2) is 9.67 Å². The van der Waals surface area contributed by atoms with E-state index in [1.54, 1.807) is 23.0 Å². The molecular weight excluding hydrogens is 316 g/mol. The molecule has 1 fully saturated rings. The van der Waals surface area contributed by atoms with Gasteiger partial charge in [0.25, 0.3) is 5.91 Å². The molecule has 3 heterocycles. The van der Waals surface area contributed by atoms with E-state index in [9.17, 15) is 4.79 Å². The molecular formula is C18H20N6O. The predicted octanol–water partition coefficient (Wildman–Crippen LogP) is 2.70. The lowest BCUT2D eigenvalue weighted by Gasteiger charge is -2.16. The summed E-state index contributed by atoms with van der Waals surface area (Å²) < 4.78 is 1.80. The number of carbonyl (C=O) groups excluding carboxylic acids is 1. The van der Waals surface area contributed by atoms with Crippen molar-refractivity contribution in [1.29, 1.82) is 0 Å². The molecule has 0 aliphatic carbocycles. The molecule has 2 aromatic heterocycles. The third-order valence-electron chi connectivity index (χ3n) is 4.51. The van der Waals surface area contributed by atoms with Gasteiger partial charge in [-0.2, -0.15) is 0 Å². The fourth-order valence-electron chi connectivity index (χ4n) is 3.14. The maximum atomic E-state index is 12.5. The first-order valence-corrected chi connectivity index (χ1v) is 8.60. The van der Waals surface area contributed by atoms with Crippen molar-refractivity contribution < 1.29 is 4.79 Å². The Morgan fingerprint density at radius 1 is 1.20 bits per heavy atom. The quantitative estimate of drug-likeness (QED) is 0.793. The summed E-state index contributed by atoms with van der Waals surface area (Å²) in [6, 6.07) is 9.28. The van der Waals surface area contributed by atoms with Crippen LogP contribution in [0.5, 0.6) is 0 Å². The van der Waals surface area contributed by atoms with Crippen molar-refractivity contribution in [2.24, 2.45) is 0 Å². The molecule has 1 N–H and O–H groups in total. The number of hydrogen-bond acceptors (Lipinski definition) is 5. The van der Waals surface area contributed by atoms with Crippen LogP contribution in [0.25, 0.3) is 11.0 Å². The minimum atomic E-state index is -0.177. The molecule has 0 atom stereocenters. The molecule has 0 unspecified atom stereocenters. The largest absolute Gasteiger partial charge is 0.357 e. The Hall–Kier alpha value is -2.96. The van der Waals surface area contributed by atoms with Crippen LogP contribution in [0.4, 0.5) is 11.5 Å². The number of benzene rings is 1. The van der Waals surface area contributed by atoms with E-state index >= 15 is 0 Å². The first kappa shape index (κ1) is 15.6. The van der Waals surface area contributed by atoms with E-state index in [1.807, 2.05) is 25.1 Å². The maximum Gasteiger partial charge on any atom is 0.255 e. The highest BCUT2D eigenvalue weighted by Gasteiger charge is 2.14. The van der Waals surface area contributed by atoms with Crippen LogP contribution in [0.3, 0.4) is 0 Å². The van der Waals surface area contributed by atoms with Gasteiger partial charge in [0.15, 0.2) is 0 Å². The molecule has 7 nitrogen and oxygen atoms in total. The molecule has 3 aromatic rings. The second-order valence-electron chi connectivity index (χ2n) is 6.16. The molecule has 1 aliphatic rings. The minimum Gasteiger partial charge on any atom is -0.357 e. The Bertz CT molecular complexity index is 896. The number of nitrogens with one attached hydrogen (secondary N) is 1. The second kappa shape index (κ2) is 6.51. The molecule has 0 radical (unpaired) electrons. The fraction of sp³-hybridized carbons (Fsp3) is 0.333. The third-order valence-corrected chi connectivity index (χ3v) is 4.51. The van der Waals surface area contributed by atoms with Gasteiger partial charge in [-0.05, 0) is 50.1 Å². The van der Waals surface area contributed by atoms with Crippen molar-refractivity contribution in [3.05, 3.63) is 42.1 Å². The monoisotopic (exact) mass is 336 g/mol. The van der Waals surface area contributed by atoms with Crippen LogP contribution in [0, 0.1) is 0 Å². The van der Waals surface area contributed by atoms with Crippen LogP contribution < -0.4 is 10.2 Å². The third kappa shape index (κ3) is 3.05. The van der Waals surface area contributed by atoms with Crippen LogP contribution in [-0.4, -0.2) is 39.0 Å². The molecule has 1 aromatic carbocycles. The molecule has 7 heteroatoms. The number of amides is 1. The first-order valence-electron chi connectivity index (χ1n) is 8.60. The first-order chi connectivity index (χ1) is 12.2. The number of aromatic nitrogens is 4. The van der Waals surface area contributed by atoms with Crippen molar-refractivity contribution in [2.75, 3.05) is 23.3 Å². The van der Waals surface area contributed by atoms with Crippen LogP contribution in [0.2, 0.25) is 0 Å². The van der Waals surface area contributed by atoms with Crippen molar-refractivity contribution in [1.82, 2.24) is 20.0 Å². The van der Waals surface area contributed by atoms with E-state index in [2.05, 4.69) is 25.5 Å². The predicted molar refractivity (Wildman–Crippen MR) is 96.8 cm³/mol. The number of fused-ring (bicyclic) bond motifs is 1. The standard InChI is InChI=1S/C18H20N6O/c1-2-24-16-7-5-13(11-15(16)21-22-24)18(25)20-14-6-8-17(19-12-14)23-9-3-4-10-23/h5-8,11-12H,2-4,9-10H2,1H3,(H,20,25). The van der Waals surface area contributed by atoms with Gasteiger partial charge in [-0.3, -0.25) is 4.79 Å². The number of carbonyl (C=O) groups is 1. The lowest BCUT2D eigenvalue weighted by atomic mass is 10.2. The number of anilines is 2. The normalized spacial score (nSPS) is 14.2. The fourth-order valence-corrected chi connectivity index (χ4v) is 3.14. The van der Waals surface area contributed by atoms with Gasteiger partial charge in [0, 0.05) is 25.2 Å². The van der Waals surface area contributed by atoms with E-state index in [0.717, 1.165) is 36.5 Å². The van der Waals surface area contributed by atoms with Crippen molar-refractivity contribution in [2.45, 2.75) is 26.3 Å². The van der Waals surface area contributed by atoms with Gasteiger partial charge in [0.05, 0.1) is 17.4 Å². The highest BCUT2D eigenvalue weighted by molar-refractivity contribution is 6.05. The average molecular weight is 336 g/mol. The van der Waals surface area contributed by atoms with Crippen LogP contribution in [-0.2, 0) is 6.54 Å². The molecule has 1 aliphatic heterocycles. The summed E-state index contributed by atoms with van der Waals surface area (Å²) in [6.07, 6.45) is 4.13. The summed E-state index contributed by atoms with van der Waals surface area (Å²) in [6.45, 7) is 4.86. The zero-order chi connectivity index (χ0) is 17.2. The Kier molecular flexibility index (Phi) is 4.05. The summed E-state index contributed by atoms with van der Waals surface area (Å²) in [4.78, 5) is 19.2. The van der Waals surface area contributed by atoms with Crippen molar-refractivity contribution in [3.63, 3.8) is 0 Å². The second-order valence-corrected chi connectivity index (χ2v) is 6.16. The SMILES string of the molecule is CCn1nnc2cc(C(=O)Nc3ccc(N4CCCC4)nc3)ccc21. The van der Waals surface area contributed by atoms with Gasteiger partial charge >= 0.3 is 0 Å². The van der Waals surface area contributed by atoms with E-state index in [0.29, 0.717) is 11.3 Å². The number of hydrogen-bond donors (Lipinski definition) is 1. The lowest BCUT2D eigenvalue weighted by Crippen LogP contribution is -2.19. The minimum absolute atomic E-state index is 0.177. The Labute approximate surface area is 145 Å². The van der Waals surface area contributed by atoms with Gasteiger partial charge in [0.2, 0.25) is 0 Å². The van der Waals surface area contributed by atoms with Gasteiger partial charge in [0.1, 0.15) is 11.3 Å². The molecule has 4 rings (SSSR count). The summed E-state index contributed by atoms with van der Waals surface area (Å²) in [5.74, 6) is 0.789. The highest BCUT2D eigenvalue weighted by Crippen LogP contribution is 2.20. The summed E-state index contributed by atoms with van der Waals surface area (Å²) in [5, 5.41) is 11.1. The van der Waals surface area contributed by atoms with E-state index in [4.69, 9.17) is 0 Å². The Morgan fingerprint density at radius 3 is 2.76 bits per heavy atom. The number of aryl methyl sites for hydroxylation is 1. The zero-order valence-electron chi connectivity index (χ0n) is 14.1. The summed E-state index contributed by atoms with van der Waals surface area (Å²) in [5.41, 5.74) is 2.89. The Morgan fingerprint density at radius 2 is 2.04 bits per heavy atom. The average Bonchev–Trinajstić information content (AvgIpc) is 3.31. The summed E-state index contributed by atoms with van der Waals surface area (Å²) in [7, 11) is 0. The molecule has 128 valence electrons. The van der Waals surface area contributed by atoms with Crippen molar-refractivity contribution >= 4 is 28.4 Å². The zero-order valence-corrected chi connectivity index (χ0v) is 14.1. The van der Waals surface area contributed by atoms with E-state index in [1.165, 1.54) is 12.8 Å². The van der Waals surface area contributed by atoms with E-state index in [-0.39, 0.29) is 5.91 Å². The molecule has 1 saturated heterocycles. The number of rotatable bonds is 4.